The Kier molecular flexibility index (Phi) is 7.43. The van der Waals surface area contributed by atoms with Crippen molar-refractivity contribution in [1.82, 2.24) is 19.7 Å². The number of amides is 1. The molecule has 1 aliphatic heterocycles. The first-order valence-electron chi connectivity index (χ1n) is 15.2. The number of H-pyrrole nitrogens is 1. The van der Waals surface area contributed by atoms with Crippen LogP contribution in [0.2, 0.25) is 0 Å². The number of hydrogen-bond donors (Lipinski definition) is 1. The fourth-order valence-electron chi connectivity index (χ4n) is 6.48. The van der Waals surface area contributed by atoms with Crippen molar-refractivity contribution in [2.75, 3.05) is 13.7 Å². The van der Waals surface area contributed by atoms with Crippen LogP contribution >= 0.6 is 0 Å². The van der Waals surface area contributed by atoms with Crippen LogP contribution in [0.1, 0.15) is 58.0 Å². The third-order valence-corrected chi connectivity index (χ3v) is 8.58. The number of fused-ring (bicyclic) bond motifs is 3. The number of carbonyl (C=O) groups excluding carboxylic acids is 1. The van der Waals surface area contributed by atoms with Gasteiger partial charge in [-0.05, 0) is 66.9 Å². The molecule has 46 heavy (non-hydrogen) atoms. The topological polar surface area (TPSA) is 76.3 Å². The maximum atomic E-state index is 14.6. The number of rotatable bonds is 7. The predicted octanol–water partition coefficient (Wildman–Crippen LogP) is 8.38. The summed E-state index contributed by atoms with van der Waals surface area (Å²) in [5, 5.41) is 5.57. The Hall–Kier alpha value is -5.25. The number of halogens is 3. The Bertz CT molecular complexity index is 2040. The van der Waals surface area contributed by atoms with Crippen LogP contribution in [0.4, 0.5) is 13.2 Å². The summed E-state index contributed by atoms with van der Waals surface area (Å²) in [6.45, 7) is 2.41. The normalized spacial score (nSPS) is 14.9. The summed E-state index contributed by atoms with van der Waals surface area (Å²) in [6.07, 6.45) is -0.961. The Morgan fingerprint density at radius 1 is 1.04 bits per heavy atom. The Morgan fingerprint density at radius 3 is 2.59 bits per heavy atom. The molecule has 0 saturated heterocycles. The zero-order valence-corrected chi connectivity index (χ0v) is 25.3. The van der Waals surface area contributed by atoms with Crippen molar-refractivity contribution in [3.63, 3.8) is 0 Å². The molecule has 234 valence electrons. The molecule has 0 spiro atoms. The number of ether oxygens (including phenoxy) is 1. The number of hydrogen-bond acceptors (Lipinski definition) is 4. The molecular weight excluding hydrogens is 593 g/mol. The third-order valence-electron chi connectivity index (χ3n) is 8.58. The van der Waals surface area contributed by atoms with Crippen LogP contribution in [0, 0.1) is 0 Å². The van der Waals surface area contributed by atoms with E-state index in [1.807, 2.05) is 48.5 Å². The van der Waals surface area contributed by atoms with Crippen molar-refractivity contribution in [3.8, 4) is 22.8 Å². The van der Waals surface area contributed by atoms with Crippen molar-refractivity contribution in [2.24, 2.45) is 0 Å². The summed E-state index contributed by atoms with van der Waals surface area (Å²) in [5.74, 6) is 0.896. The molecule has 1 N–H and O–H groups in total. The lowest BCUT2D eigenvalue weighted by Gasteiger charge is -2.34. The van der Waals surface area contributed by atoms with Crippen LogP contribution in [0.3, 0.4) is 0 Å². The van der Waals surface area contributed by atoms with Gasteiger partial charge in [-0.3, -0.25) is 4.79 Å². The van der Waals surface area contributed by atoms with E-state index in [4.69, 9.17) is 9.15 Å². The second-order valence-corrected chi connectivity index (χ2v) is 11.3. The van der Waals surface area contributed by atoms with E-state index in [1.165, 1.54) is 12.1 Å². The minimum atomic E-state index is -4.56. The average molecular weight is 625 g/mol. The number of benzene rings is 3. The highest BCUT2D eigenvalue weighted by molar-refractivity contribution is 5.96. The van der Waals surface area contributed by atoms with Gasteiger partial charge in [0.25, 0.3) is 5.91 Å². The smallest absolute Gasteiger partial charge is 0.417 e. The van der Waals surface area contributed by atoms with Gasteiger partial charge in [0.05, 0.1) is 41.5 Å². The van der Waals surface area contributed by atoms with E-state index in [0.29, 0.717) is 36.5 Å². The molecule has 0 fully saturated rings. The highest BCUT2D eigenvalue weighted by atomic mass is 19.4. The van der Waals surface area contributed by atoms with Crippen LogP contribution in [0.5, 0.6) is 5.75 Å². The SMILES string of the molecule is CCCc1c(C(=O)N2CCc3c([nH]c4ccc(OC)cc34)C2c2ccc(-c3ccccc3C(F)(F)F)o2)cnn1-c1ccccc1. The predicted molar refractivity (Wildman–Crippen MR) is 168 cm³/mol. The van der Waals surface area contributed by atoms with Crippen LogP contribution in [-0.4, -0.2) is 39.2 Å². The highest BCUT2D eigenvalue weighted by Crippen LogP contribution is 2.43. The molecule has 1 aliphatic rings. The maximum Gasteiger partial charge on any atom is 0.417 e. The molecule has 4 heterocycles. The van der Waals surface area contributed by atoms with Crippen molar-refractivity contribution < 1.29 is 27.1 Å². The Morgan fingerprint density at radius 2 is 1.83 bits per heavy atom. The summed E-state index contributed by atoms with van der Waals surface area (Å²) in [7, 11) is 1.61. The fraction of sp³-hybridized carbons (Fsp3) is 0.222. The van der Waals surface area contributed by atoms with Crippen molar-refractivity contribution in [1.29, 1.82) is 0 Å². The van der Waals surface area contributed by atoms with Gasteiger partial charge in [0.1, 0.15) is 23.3 Å². The number of furan rings is 1. The number of nitrogens with zero attached hydrogens (tertiary/aromatic N) is 3. The van der Waals surface area contributed by atoms with Crippen LogP contribution in [0.15, 0.2) is 95.5 Å². The van der Waals surface area contributed by atoms with E-state index in [-0.39, 0.29) is 17.2 Å². The van der Waals surface area contributed by atoms with Gasteiger partial charge in [-0.15, -0.1) is 0 Å². The molecule has 0 bridgehead atoms. The third kappa shape index (κ3) is 5.03. The van der Waals surface area contributed by atoms with Gasteiger partial charge < -0.3 is 19.0 Å². The molecule has 1 atom stereocenters. The summed E-state index contributed by atoms with van der Waals surface area (Å²) in [4.78, 5) is 19.8. The minimum absolute atomic E-state index is 0.0640. The molecule has 10 heteroatoms. The monoisotopic (exact) mass is 624 g/mol. The summed E-state index contributed by atoms with van der Waals surface area (Å²) in [6, 6.07) is 23.2. The highest BCUT2D eigenvalue weighted by Gasteiger charge is 2.39. The number of aromatic nitrogens is 3. The van der Waals surface area contributed by atoms with Gasteiger partial charge in [0.15, 0.2) is 0 Å². The quantitative estimate of drug-likeness (QED) is 0.194. The molecular formula is C36H31F3N4O3. The van der Waals surface area contributed by atoms with Crippen molar-refractivity contribution in [2.45, 2.75) is 38.4 Å². The van der Waals surface area contributed by atoms with Crippen molar-refractivity contribution >= 4 is 16.8 Å². The van der Waals surface area contributed by atoms with Gasteiger partial charge in [0, 0.05) is 23.0 Å². The molecule has 6 aromatic rings. The lowest BCUT2D eigenvalue weighted by molar-refractivity contribution is -0.137. The molecule has 0 aliphatic carbocycles. The number of para-hydroxylation sites is 1. The summed E-state index contributed by atoms with van der Waals surface area (Å²) < 4.78 is 55.3. The molecule has 3 aromatic carbocycles. The van der Waals surface area contributed by atoms with E-state index < -0.39 is 17.8 Å². The van der Waals surface area contributed by atoms with E-state index in [0.717, 1.165) is 46.0 Å². The minimum Gasteiger partial charge on any atom is -0.497 e. The van der Waals surface area contributed by atoms with E-state index >= 15 is 0 Å². The molecule has 0 saturated carbocycles. The number of carbonyl (C=O) groups is 1. The average Bonchev–Trinajstić information content (AvgIpc) is 3.81. The lowest BCUT2D eigenvalue weighted by Crippen LogP contribution is -2.40. The zero-order valence-electron chi connectivity index (χ0n) is 25.3. The van der Waals surface area contributed by atoms with Crippen LogP contribution in [-0.2, 0) is 19.0 Å². The maximum absolute atomic E-state index is 14.6. The molecule has 3 aromatic heterocycles. The summed E-state index contributed by atoms with van der Waals surface area (Å²) in [5.41, 5.74) is 3.89. The van der Waals surface area contributed by atoms with E-state index in [1.54, 1.807) is 41.1 Å². The Balaban J connectivity index is 1.36. The van der Waals surface area contributed by atoms with Crippen molar-refractivity contribution in [3.05, 3.63) is 125 Å². The molecule has 0 radical (unpaired) electrons. The largest absolute Gasteiger partial charge is 0.497 e. The lowest BCUT2D eigenvalue weighted by atomic mass is 9.94. The first kappa shape index (κ1) is 29.5. The number of nitrogens with one attached hydrogen (secondary N) is 1. The number of alkyl halides is 3. The van der Waals surface area contributed by atoms with Gasteiger partial charge >= 0.3 is 6.18 Å². The van der Waals surface area contributed by atoms with Crippen LogP contribution < -0.4 is 4.74 Å². The second kappa shape index (κ2) is 11.6. The zero-order chi connectivity index (χ0) is 32.0. The number of methoxy groups -OCH3 is 1. The fourth-order valence-corrected chi connectivity index (χ4v) is 6.48. The molecule has 7 nitrogen and oxygen atoms in total. The standard InChI is InChI=1S/C36H31F3N4O3/c1-3-9-30-27(21-40-43(30)22-10-5-4-6-11-22)35(44)42-19-18-24-26-20-23(45-2)14-15-29(26)41-33(24)34(42)32-17-16-31(46-32)25-12-7-8-13-28(25)36(37,38)39/h4-8,10-17,20-21,34,41H,3,9,18-19H2,1-2H3. The first-order chi connectivity index (χ1) is 22.3. The molecule has 7 rings (SSSR count). The van der Waals surface area contributed by atoms with Crippen LogP contribution in [0.25, 0.3) is 27.9 Å². The Labute approximate surface area is 263 Å². The first-order valence-corrected chi connectivity index (χ1v) is 15.2. The second-order valence-electron chi connectivity index (χ2n) is 11.3. The van der Waals surface area contributed by atoms with Gasteiger partial charge in [-0.25, -0.2) is 4.68 Å². The number of aromatic amines is 1. The van der Waals surface area contributed by atoms with Gasteiger partial charge in [0.2, 0.25) is 0 Å². The molecule has 1 unspecified atom stereocenters. The van der Waals surface area contributed by atoms with Gasteiger partial charge in [-0.2, -0.15) is 18.3 Å². The molecule has 1 amide bonds. The van der Waals surface area contributed by atoms with E-state index in [9.17, 15) is 18.0 Å². The van der Waals surface area contributed by atoms with E-state index in [2.05, 4.69) is 17.0 Å². The van der Waals surface area contributed by atoms with Gasteiger partial charge in [-0.1, -0.05) is 49.7 Å². The summed E-state index contributed by atoms with van der Waals surface area (Å²) >= 11 is 0.